The summed E-state index contributed by atoms with van der Waals surface area (Å²) in [5.74, 6) is -24.4. The first-order valence-corrected chi connectivity index (χ1v) is 50.1. The average Bonchev–Trinajstić information content (AvgIpc) is 0.711. The molecule has 0 radical (unpaired) electrons. The highest BCUT2D eigenvalue weighted by molar-refractivity contribution is 7.98. The molecular formula is C111H103F10O13S5+3. The molecule has 28 heteroatoms. The van der Waals surface area contributed by atoms with Crippen LogP contribution in [0, 0.1) is 33.6 Å². The number of ether oxygens (including phenoxy) is 5. The largest absolute Gasteiger partial charge is 0.743 e. The number of alkyl halides is 10. The van der Waals surface area contributed by atoms with Crippen molar-refractivity contribution >= 4 is 77.6 Å². The number of fused-ring (bicyclic) bond motifs is 1. The molecule has 0 spiro atoms. The molecule has 14 aromatic rings. The minimum atomic E-state index is -6.69. The molecule has 0 fully saturated rings. The molecule has 3 aliphatic rings. The third-order valence-corrected chi connectivity index (χ3v) is 30.8. The minimum Gasteiger partial charge on any atom is -0.743 e. The Morgan fingerprint density at radius 3 is 0.863 bits per heavy atom. The van der Waals surface area contributed by atoms with Gasteiger partial charge in [-0.25, -0.2) is 31.6 Å². The maximum absolute atomic E-state index is 13.1. The van der Waals surface area contributed by atoms with Crippen molar-refractivity contribution in [1.29, 1.82) is 0 Å². The van der Waals surface area contributed by atoms with Crippen LogP contribution in [-0.4, -0.2) is 103 Å². The summed E-state index contributed by atoms with van der Waals surface area (Å²) in [6, 6.07) is 131. The number of rotatable bonds is 26. The van der Waals surface area contributed by atoms with Crippen LogP contribution in [0.3, 0.4) is 0 Å². The molecular weight excluding hydrogens is 1890 g/mol. The predicted octanol–water partition coefficient (Wildman–Crippen LogP) is 26.4. The van der Waals surface area contributed by atoms with Gasteiger partial charge in [-0.2, -0.15) is 35.1 Å². The Hall–Kier alpha value is -12.8. The maximum atomic E-state index is 13.1. The lowest BCUT2D eigenvalue weighted by atomic mass is 9.59. The molecule has 0 heterocycles. The number of aryl methyl sites for hydroxylation is 4. The van der Waals surface area contributed by atoms with Crippen molar-refractivity contribution in [3.63, 3.8) is 0 Å². The second-order valence-electron chi connectivity index (χ2n) is 33.3. The van der Waals surface area contributed by atoms with Gasteiger partial charge in [0.1, 0.15) is 17.1 Å². The topological polar surface area (TPSA) is 192 Å². The number of phenolic OH excluding ortho intramolecular Hbond substituents is 1. The molecule has 0 amide bonds. The zero-order chi connectivity index (χ0) is 100. The number of aromatic hydroxyl groups is 1. The highest BCUT2D eigenvalue weighted by Gasteiger charge is 2.60. The van der Waals surface area contributed by atoms with Gasteiger partial charge < -0.3 is 33.3 Å². The van der Waals surface area contributed by atoms with E-state index in [4.69, 9.17) is 14.2 Å². The van der Waals surface area contributed by atoms with Crippen molar-refractivity contribution in [1.82, 2.24) is 0 Å². The molecule has 1 unspecified atom stereocenters. The predicted molar refractivity (Wildman–Crippen MR) is 521 cm³/mol. The fourth-order valence-electron chi connectivity index (χ4n) is 15.0. The van der Waals surface area contributed by atoms with E-state index >= 15 is 0 Å². The third-order valence-electron chi connectivity index (χ3n) is 21.2. The number of halogens is 10. The van der Waals surface area contributed by atoms with E-state index in [0.29, 0.717) is 12.2 Å². The van der Waals surface area contributed by atoms with Crippen molar-refractivity contribution in [3.05, 3.63) is 421 Å². The number of hydrogen-bond donors (Lipinski definition) is 1. The molecule has 2 bridgehead atoms. The van der Waals surface area contributed by atoms with Crippen molar-refractivity contribution in [2.75, 3.05) is 26.4 Å². The van der Waals surface area contributed by atoms with Crippen molar-refractivity contribution in [2.24, 2.45) is 5.92 Å². The Labute approximate surface area is 815 Å². The van der Waals surface area contributed by atoms with Crippen LogP contribution in [0.2, 0.25) is 0 Å². The van der Waals surface area contributed by atoms with Crippen LogP contribution in [0.25, 0.3) is 0 Å². The Bertz CT molecular complexity index is 5990. The molecule has 0 aromatic heterocycles. The monoisotopic (exact) mass is 1990 g/mol. The second kappa shape index (κ2) is 48.2. The van der Waals surface area contributed by atoms with Crippen LogP contribution in [0.1, 0.15) is 97.4 Å². The summed E-state index contributed by atoms with van der Waals surface area (Å²) in [6.45, 7) is 7.73. The van der Waals surface area contributed by atoms with Gasteiger partial charge in [0.15, 0.2) is 95.3 Å². The first-order chi connectivity index (χ1) is 66.0. The van der Waals surface area contributed by atoms with Crippen molar-refractivity contribution < 1.29 is 105 Å². The van der Waals surface area contributed by atoms with Crippen molar-refractivity contribution in [3.8, 4) is 11.5 Å². The van der Waals surface area contributed by atoms with Crippen LogP contribution < -0.4 is 4.74 Å². The lowest BCUT2D eigenvalue weighted by molar-refractivity contribution is -0.253. The summed E-state index contributed by atoms with van der Waals surface area (Å²) in [6.07, 6.45) is 0.618. The first-order valence-electron chi connectivity index (χ1n) is 43.8. The molecule has 3 aliphatic carbocycles. The van der Waals surface area contributed by atoms with E-state index in [2.05, 4.69) is 325 Å². The molecule has 139 heavy (non-hydrogen) atoms. The Morgan fingerprint density at radius 1 is 0.353 bits per heavy atom. The molecule has 13 nitrogen and oxygen atoms in total. The van der Waals surface area contributed by atoms with Crippen LogP contribution in [0.5, 0.6) is 11.5 Å². The zero-order valence-electron chi connectivity index (χ0n) is 77.2. The highest BCUT2D eigenvalue weighted by atomic mass is 32.2. The van der Waals surface area contributed by atoms with Gasteiger partial charge in [-0.15, -0.1) is 0 Å². The lowest BCUT2D eigenvalue weighted by Crippen LogP contribution is -2.50. The van der Waals surface area contributed by atoms with Gasteiger partial charge in [-0.1, -0.05) is 231 Å². The van der Waals surface area contributed by atoms with Crippen LogP contribution in [0.4, 0.5) is 43.9 Å². The van der Waals surface area contributed by atoms with E-state index < -0.39 is 88.3 Å². The van der Waals surface area contributed by atoms with E-state index in [1.807, 2.05) is 109 Å². The normalized spacial score (nSPS) is 13.8. The lowest BCUT2D eigenvalue weighted by Gasteiger charge is -2.44. The van der Waals surface area contributed by atoms with Crippen LogP contribution in [0.15, 0.2) is 435 Å². The van der Waals surface area contributed by atoms with Crippen LogP contribution in [-0.2, 0) is 91.8 Å². The second-order valence-corrected chi connectivity index (χ2v) is 42.8. The smallest absolute Gasteiger partial charge is 0.428 e. The zero-order valence-corrected chi connectivity index (χ0v) is 81.3. The number of phenols is 1. The number of carbonyl (C=O) groups excluding carboxylic acids is 4. The quantitative estimate of drug-likeness (QED) is 0.0177. The summed E-state index contributed by atoms with van der Waals surface area (Å²) in [7, 11) is -7.09. The Kier molecular flexibility index (Phi) is 36.9. The third kappa shape index (κ3) is 29.2. The summed E-state index contributed by atoms with van der Waals surface area (Å²) in [5, 5.41) is 4.22. The number of carbonyl (C=O) groups is 4. The molecule has 0 saturated heterocycles. The van der Waals surface area contributed by atoms with Gasteiger partial charge in [0, 0.05) is 49.9 Å². The minimum absolute atomic E-state index is 0.0146. The highest BCUT2D eigenvalue weighted by Crippen LogP contribution is 2.56. The van der Waals surface area contributed by atoms with Gasteiger partial charge >= 0.3 is 46.9 Å². The SMILES string of the molecule is CC(F)(F)C(=O)OCC(F)(F)C(F)(F)COC(=O)C(F)(F)S(=O)(=O)[O-].CC(F)(F)COC(=O)C1CC2c3ccccc3C1c1ccccc12.Cc1cc([S+](c2ccccc2)c2ccccc2)cc(C)c1O.Cc1cc([S+](c2ccccc2)c2ccccc2)cc(C)c1OCC(=O)OC(C)(C)C.c1ccc([S+](c2ccccc2)c2ccccc2)cc1.c1ccc([S+](c2ccccc2)c2ccccc2)cc1. The van der Waals surface area contributed by atoms with Crippen molar-refractivity contribution in [2.45, 2.75) is 174 Å². The summed E-state index contributed by atoms with van der Waals surface area (Å²) >= 11 is 0. The van der Waals surface area contributed by atoms with Crippen LogP contribution >= 0.6 is 0 Å². The van der Waals surface area contributed by atoms with Gasteiger partial charge in [0.05, 0.1) is 49.5 Å². The van der Waals surface area contributed by atoms with E-state index in [0.717, 1.165) is 46.1 Å². The fraction of sp³-hybridized carbons (Fsp3) is 0.207. The molecule has 0 saturated carbocycles. The summed E-state index contributed by atoms with van der Waals surface area (Å²) in [4.78, 5) is 61.4. The molecule has 0 aliphatic heterocycles. The number of hydrogen-bond acceptors (Lipinski definition) is 13. The van der Waals surface area contributed by atoms with Gasteiger partial charge in [0.25, 0.3) is 5.92 Å². The molecule has 1 N–H and O–H groups in total. The van der Waals surface area contributed by atoms with Gasteiger partial charge in [0.2, 0.25) is 0 Å². The maximum Gasteiger partial charge on any atom is 0.428 e. The Balaban J connectivity index is 0.000000161. The number of benzene rings is 14. The Morgan fingerprint density at radius 2 is 0.604 bits per heavy atom. The summed E-state index contributed by atoms with van der Waals surface area (Å²) in [5.41, 5.74) is 8.09. The van der Waals surface area contributed by atoms with Gasteiger partial charge in [-0.3, -0.25) is 4.79 Å². The standard InChI is InChI=1S/C26H29O3S.C20H18F2O2.C20H18OS.2C18H15S.C9H8F8O7S/c1-19-16-23(17-20(2)25(19)28-18-24(27)29-26(3,4)5)30(21-12-8-6-9-13-21)22-14-10-7-11-15-22;1-20(21,22)11-24-19(23)17-10-16-12-6-2-4-8-14(12)18(17)15-9-5-3-7-13(15)16;1-15-13-19(14-16(2)20(15)21)22(17-9-5-3-6-10-17)18-11-7-4-8-12-18;2*1-4-10-16(11-5-1)19(17-12-6-2-7-13-17)18-14-8-3-9-15-18;1-6(10,11)4(18)23-2-7(12,13)8(14,15)3-24-5(19)9(16,17)25(20,21)22/h6-17H,18H2,1-5H3;2-9,16-18H,10-11H2,1H3;3-14H,1-2H3;2*1-15H;2-3H2,1H3,(H,20,21,22)/q+1;;;2*+1;. The van der Waals surface area contributed by atoms with Gasteiger partial charge in [-0.05, 0) is 221 Å². The molecule has 17 rings (SSSR count). The van der Waals surface area contributed by atoms with E-state index in [1.165, 1.54) is 69.9 Å². The number of esters is 4. The van der Waals surface area contributed by atoms with E-state index in [1.54, 1.807) is 0 Å². The van der Waals surface area contributed by atoms with E-state index in [-0.39, 0.29) is 74.9 Å². The average molecular weight is 2000 g/mol. The first kappa shape index (κ1) is 107. The summed E-state index contributed by atoms with van der Waals surface area (Å²) < 4.78 is 181. The molecule has 1 atom stereocenters. The fourth-order valence-corrected chi connectivity index (χ4v) is 24.0. The molecule has 722 valence electrons. The van der Waals surface area contributed by atoms with E-state index in [9.17, 15) is 81.2 Å². The molecule has 14 aromatic carbocycles.